The van der Waals surface area contributed by atoms with E-state index in [1.165, 1.54) is 12.1 Å². The van der Waals surface area contributed by atoms with Crippen LogP contribution in [0.4, 0.5) is 5.69 Å². The van der Waals surface area contributed by atoms with E-state index in [-0.39, 0.29) is 29.7 Å². The van der Waals surface area contributed by atoms with Crippen LogP contribution in [-0.2, 0) is 13.1 Å². The largest absolute Gasteiger partial charge is 0.352 e. The van der Waals surface area contributed by atoms with E-state index in [1.54, 1.807) is 19.2 Å². The number of nitrogens with zero attached hydrogens (tertiary/aromatic N) is 2. The van der Waals surface area contributed by atoms with E-state index in [0.717, 1.165) is 11.1 Å². The lowest BCUT2D eigenvalue weighted by Gasteiger charge is -2.12. The van der Waals surface area contributed by atoms with Gasteiger partial charge < -0.3 is 10.6 Å². The van der Waals surface area contributed by atoms with Gasteiger partial charge in [-0.15, -0.1) is 24.0 Å². The summed E-state index contributed by atoms with van der Waals surface area (Å²) in [6.07, 6.45) is 0. The lowest BCUT2D eigenvalue weighted by molar-refractivity contribution is -0.384. The van der Waals surface area contributed by atoms with E-state index in [1.807, 2.05) is 24.3 Å². The highest BCUT2D eigenvalue weighted by molar-refractivity contribution is 14.0. The molecule has 0 fully saturated rings. The molecule has 2 rings (SSSR count). The summed E-state index contributed by atoms with van der Waals surface area (Å²) in [6, 6.07) is 14.0. The third-order valence-corrected chi connectivity index (χ3v) is 3.41. The van der Waals surface area contributed by atoms with Crippen LogP contribution >= 0.6 is 35.6 Å². The molecule has 0 saturated carbocycles. The summed E-state index contributed by atoms with van der Waals surface area (Å²) in [6.45, 7) is 1.12. The van der Waals surface area contributed by atoms with Crippen LogP contribution < -0.4 is 10.6 Å². The van der Waals surface area contributed by atoms with Crippen molar-refractivity contribution in [3.05, 3.63) is 74.8 Å². The molecular weight excluding hydrogens is 443 g/mol. The van der Waals surface area contributed by atoms with Crippen molar-refractivity contribution in [1.82, 2.24) is 10.6 Å². The van der Waals surface area contributed by atoms with Gasteiger partial charge in [0.1, 0.15) is 0 Å². The van der Waals surface area contributed by atoms with E-state index in [0.29, 0.717) is 24.1 Å². The van der Waals surface area contributed by atoms with Crippen LogP contribution in [-0.4, -0.2) is 17.9 Å². The number of aliphatic imine (C=N–C) groups is 1. The summed E-state index contributed by atoms with van der Waals surface area (Å²) in [5.41, 5.74) is 2.06. The first kappa shape index (κ1) is 20.2. The molecule has 0 radical (unpaired) electrons. The Morgan fingerprint density at radius 1 is 1.12 bits per heavy atom. The molecule has 0 bridgehead atoms. The van der Waals surface area contributed by atoms with Crippen molar-refractivity contribution >= 4 is 47.2 Å². The summed E-state index contributed by atoms with van der Waals surface area (Å²) in [5, 5.41) is 17.7. The molecule has 128 valence electrons. The fourth-order valence-electron chi connectivity index (χ4n) is 1.97. The quantitative estimate of drug-likeness (QED) is 0.234. The molecule has 0 amide bonds. The van der Waals surface area contributed by atoms with Crippen molar-refractivity contribution in [1.29, 1.82) is 0 Å². The van der Waals surface area contributed by atoms with Crippen molar-refractivity contribution in [2.24, 2.45) is 4.99 Å². The van der Waals surface area contributed by atoms with Gasteiger partial charge in [0.15, 0.2) is 5.96 Å². The van der Waals surface area contributed by atoms with Crippen LogP contribution in [0, 0.1) is 10.1 Å². The average Bonchev–Trinajstić information content (AvgIpc) is 2.55. The summed E-state index contributed by atoms with van der Waals surface area (Å²) in [5.74, 6) is 0.642. The maximum absolute atomic E-state index is 10.6. The smallest absolute Gasteiger partial charge is 0.269 e. The van der Waals surface area contributed by atoms with Crippen LogP contribution in [0.15, 0.2) is 53.5 Å². The Kier molecular flexibility index (Phi) is 8.48. The van der Waals surface area contributed by atoms with Crippen LogP contribution in [0.2, 0.25) is 5.02 Å². The number of nitro groups is 1. The Labute approximate surface area is 162 Å². The minimum absolute atomic E-state index is 0. The standard InChI is InChI=1S/C16H17ClN4O2.HI/c1-18-16(20-11-13-3-2-4-14(17)9-13)19-10-12-5-7-15(8-6-12)21(22)23;/h2-9H,10-11H2,1H3,(H2,18,19,20);1H. The predicted octanol–water partition coefficient (Wildman–Crippen LogP) is 3.73. The zero-order chi connectivity index (χ0) is 16.7. The number of hydrogen-bond acceptors (Lipinski definition) is 3. The van der Waals surface area contributed by atoms with Gasteiger partial charge in [-0.25, -0.2) is 0 Å². The second-order valence-corrected chi connectivity index (χ2v) is 5.27. The Bertz CT molecular complexity index is 707. The second-order valence-electron chi connectivity index (χ2n) is 4.83. The zero-order valence-electron chi connectivity index (χ0n) is 13.0. The molecule has 6 nitrogen and oxygen atoms in total. The molecule has 0 spiro atoms. The minimum Gasteiger partial charge on any atom is -0.352 e. The lowest BCUT2D eigenvalue weighted by Crippen LogP contribution is -2.36. The lowest BCUT2D eigenvalue weighted by atomic mass is 10.2. The van der Waals surface area contributed by atoms with Gasteiger partial charge in [0, 0.05) is 37.3 Å². The number of halogens is 2. The number of non-ortho nitro benzene ring substituents is 1. The van der Waals surface area contributed by atoms with Gasteiger partial charge in [-0.2, -0.15) is 0 Å². The number of benzene rings is 2. The van der Waals surface area contributed by atoms with Crippen LogP contribution in [0.5, 0.6) is 0 Å². The molecule has 0 aromatic heterocycles. The Morgan fingerprint density at radius 3 is 2.29 bits per heavy atom. The SMILES string of the molecule is CN=C(NCc1ccc([N+](=O)[O-])cc1)NCc1cccc(Cl)c1.I. The molecule has 0 aliphatic heterocycles. The molecule has 0 unspecified atom stereocenters. The third-order valence-electron chi connectivity index (χ3n) is 3.18. The normalized spacial score (nSPS) is 10.7. The van der Waals surface area contributed by atoms with Gasteiger partial charge in [-0.1, -0.05) is 35.9 Å². The summed E-state index contributed by atoms with van der Waals surface area (Å²) >= 11 is 5.95. The van der Waals surface area contributed by atoms with E-state index < -0.39 is 4.92 Å². The Hall–Kier alpha value is -1.87. The summed E-state index contributed by atoms with van der Waals surface area (Å²) in [7, 11) is 1.68. The Balaban J connectivity index is 0.00000288. The molecule has 2 aromatic rings. The van der Waals surface area contributed by atoms with Gasteiger partial charge in [0.05, 0.1) is 4.92 Å². The van der Waals surface area contributed by atoms with E-state index in [2.05, 4.69) is 15.6 Å². The number of rotatable bonds is 5. The maximum atomic E-state index is 10.6. The molecule has 0 aliphatic rings. The molecular formula is C16H18ClIN4O2. The topological polar surface area (TPSA) is 79.6 Å². The summed E-state index contributed by atoms with van der Waals surface area (Å²) in [4.78, 5) is 14.3. The maximum Gasteiger partial charge on any atom is 0.269 e. The molecule has 8 heteroatoms. The first-order valence-corrected chi connectivity index (χ1v) is 7.38. The Morgan fingerprint density at radius 2 is 1.75 bits per heavy atom. The van der Waals surface area contributed by atoms with Crippen LogP contribution in [0.3, 0.4) is 0 Å². The number of guanidine groups is 1. The van der Waals surface area contributed by atoms with Gasteiger partial charge in [0.25, 0.3) is 5.69 Å². The molecule has 0 heterocycles. The number of nitrogens with one attached hydrogen (secondary N) is 2. The minimum atomic E-state index is -0.414. The van der Waals surface area contributed by atoms with Crippen molar-refractivity contribution < 1.29 is 4.92 Å². The first-order chi connectivity index (χ1) is 11.1. The molecule has 2 N–H and O–H groups in total. The monoisotopic (exact) mass is 460 g/mol. The van der Waals surface area contributed by atoms with E-state index in [4.69, 9.17) is 11.6 Å². The third kappa shape index (κ3) is 6.32. The predicted molar refractivity (Wildman–Crippen MR) is 107 cm³/mol. The van der Waals surface area contributed by atoms with Gasteiger partial charge in [0.2, 0.25) is 0 Å². The number of hydrogen-bond donors (Lipinski definition) is 2. The first-order valence-electron chi connectivity index (χ1n) is 7.01. The van der Waals surface area contributed by atoms with Crippen molar-refractivity contribution in [3.8, 4) is 0 Å². The highest BCUT2D eigenvalue weighted by Crippen LogP contribution is 2.12. The van der Waals surface area contributed by atoms with Crippen molar-refractivity contribution in [3.63, 3.8) is 0 Å². The van der Waals surface area contributed by atoms with Gasteiger partial charge in [-0.3, -0.25) is 15.1 Å². The number of nitro benzene ring substituents is 1. The molecule has 24 heavy (non-hydrogen) atoms. The zero-order valence-corrected chi connectivity index (χ0v) is 16.1. The van der Waals surface area contributed by atoms with Gasteiger partial charge >= 0.3 is 0 Å². The van der Waals surface area contributed by atoms with E-state index in [9.17, 15) is 10.1 Å². The fraction of sp³-hybridized carbons (Fsp3) is 0.188. The average molecular weight is 461 g/mol. The van der Waals surface area contributed by atoms with E-state index >= 15 is 0 Å². The summed E-state index contributed by atoms with van der Waals surface area (Å²) < 4.78 is 0. The second kappa shape index (κ2) is 10.1. The van der Waals surface area contributed by atoms with Crippen molar-refractivity contribution in [2.75, 3.05) is 7.05 Å². The van der Waals surface area contributed by atoms with Crippen molar-refractivity contribution in [2.45, 2.75) is 13.1 Å². The molecule has 0 aliphatic carbocycles. The van der Waals surface area contributed by atoms with Crippen LogP contribution in [0.1, 0.15) is 11.1 Å². The van der Waals surface area contributed by atoms with Crippen LogP contribution in [0.25, 0.3) is 0 Å². The molecule has 0 atom stereocenters. The highest BCUT2D eigenvalue weighted by Gasteiger charge is 2.04. The highest BCUT2D eigenvalue weighted by atomic mass is 127. The fourth-order valence-corrected chi connectivity index (χ4v) is 2.19. The van der Waals surface area contributed by atoms with Gasteiger partial charge in [-0.05, 0) is 23.3 Å². The molecule has 0 saturated heterocycles. The molecule has 2 aromatic carbocycles.